The predicted molar refractivity (Wildman–Crippen MR) is 120 cm³/mol. The minimum atomic E-state index is -4.90. The molecule has 0 atom stereocenters. The molecule has 15 heteroatoms. The highest BCUT2D eigenvalue weighted by molar-refractivity contribution is 7.93. The smallest absolute Gasteiger partial charge is 0.455 e. The molecule has 0 amide bonds. The van der Waals surface area contributed by atoms with E-state index in [-0.39, 0.29) is 37.0 Å². The third-order valence-corrected chi connectivity index (χ3v) is 6.79. The second-order valence-corrected chi connectivity index (χ2v) is 9.98. The highest BCUT2D eigenvalue weighted by Crippen LogP contribution is 2.38. The van der Waals surface area contributed by atoms with Crippen molar-refractivity contribution in [1.82, 2.24) is 15.2 Å². The molecule has 4 rings (SSSR count). The zero-order chi connectivity index (χ0) is 25.2. The molecule has 0 aliphatic carbocycles. The molecule has 0 aliphatic heterocycles. The van der Waals surface area contributed by atoms with Crippen LogP contribution in [0.2, 0.25) is 4.34 Å². The van der Waals surface area contributed by atoms with Gasteiger partial charge in [-0.05, 0) is 36.4 Å². The van der Waals surface area contributed by atoms with Gasteiger partial charge in [0.25, 0.3) is 10.0 Å². The first-order valence-electron chi connectivity index (χ1n) is 9.29. The number of halogens is 4. The molecule has 2 heterocycles. The van der Waals surface area contributed by atoms with Gasteiger partial charge in [0.2, 0.25) is 0 Å². The molecule has 2 N–H and O–H groups in total. The molecule has 0 aliphatic rings. The van der Waals surface area contributed by atoms with Crippen LogP contribution in [0.5, 0.6) is 17.2 Å². The number of ether oxygens (including phenoxy) is 2. The zero-order valence-corrected chi connectivity index (χ0v) is 19.4. The van der Waals surface area contributed by atoms with Crippen LogP contribution in [0.15, 0.2) is 59.9 Å². The summed E-state index contributed by atoms with van der Waals surface area (Å²) in [7, 11) is -4.09. The number of alkyl halides is 3. The van der Waals surface area contributed by atoms with Crippen molar-refractivity contribution in [2.75, 3.05) is 4.72 Å². The van der Waals surface area contributed by atoms with Crippen LogP contribution in [0.25, 0.3) is 11.1 Å². The van der Waals surface area contributed by atoms with Crippen LogP contribution in [0.4, 0.5) is 18.3 Å². The molecule has 2 aromatic carbocycles. The SMILES string of the molecule is N#Cc1cc(S(=O)(=O)Nc2ncc(Cl)s2)ccc1Oc1ccc(OC(F)(F)F)cc1-c1cn[nH]c1. The number of nitriles is 1. The quantitative estimate of drug-likeness (QED) is 0.313. The summed E-state index contributed by atoms with van der Waals surface area (Å²) < 4.78 is 75.6. The zero-order valence-electron chi connectivity index (χ0n) is 17.0. The minimum Gasteiger partial charge on any atom is -0.455 e. The average molecular weight is 542 g/mol. The number of rotatable bonds is 7. The molecule has 0 fully saturated rings. The molecular formula is C20H11ClF3N5O4S2. The number of hydrogen-bond acceptors (Lipinski definition) is 8. The van der Waals surface area contributed by atoms with Crippen LogP contribution >= 0.6 is 22.9 Å². The van der Waals surface area contributed by atoms with Crippen molar-refractivity contribution < 1.29 is 31.1 Å². The fraction of sp³-hybridized carbons (Fsp3) is 0.0500. The van der Waals surface area contributed by atoms with E-state index in [4.69, 9.17) is 16.3 Å². The third kappa shape index (κ3) is 5.83. The van der Waals surface area contributed by atoms with Crippen molar-refractivity contribution in [3.8, 4) is 34.4 Å². The Morgan fingerprint density at radius 2 is 1.91 bits per heavy atom. The van der Waals surface area contributed by atoms with Gasteiger partial charge >= 0.3 is 6.36 Å². The molecule has 180 valence electrons. The Balaban J connectivity index is 1.67. The van der Waals surface area contributed by atoms with Gasteiger partial charge in [0.15, 0.2) is 5.13 Å². The van der Waals surface area contributed by atoms with Crippen LogP contribution < -0.4 is 14.2 Å². The number of nitrogens with one attached hydrogen (secondary N) is 2. The van der Waals surface area contributed by atoms with Crippen molar-refractivity contribution in [1.29, 1.82) is 5.26 Å². The average Bonchev–Trinajstić information content (AvgIpc) is 3.45. The summed E-state index contributed by atoms with van der Waals surface area (Å²) in [5, 5.41) is 15.9. The lowest BCUT2D eigenvalue weighted by Crippen LogP contribution is -2.17. The van der Waals surface area contributed by atoms with E-state index >= 15 is 0 Å². The van der Waals surface area contributed by atoms with E-state index in [1.807, 2.05) is 6.07 Å². The number of anilines is 1. The number of aromatic nitrogens is 3. The summed E-state index contributed by atoms with van der Waals surface area (Å²) in [6.45, 7) is 0. The molecule has 2 aromatic heterocycles. The van der Waals surface area contributed by atoms with Gasteiger partial charge in [0, 0.05) is 17.3 Å². The van der Waals surface area contributed by atoms with Crippen LogP contribution in [0.1, 0.15) is 5.56 Å². The Morgan fingerprint density at radius 3 is 2.54 bits per heavy atom. The molecule has 0 unspecified atom stereocenters. The second-order valence-electron chi connectivity index (χ2n) is 6.64. The lowest BCUT2D eigenvalue weighted by molar-refractivity contribution is -0.274. The van der Waals surface area contributed by atoms with E-state index in [0.29, 0.717) is 5.56 Å². The molecule has 0 radical (unpaired) electrons. The number of benzene rings is 2. The molecule has 9 nitrogen and oxygen atoms in total. The van der Waals surface area contributed by atoms with Gasteiger partial charge in [-0.3, -0.25) is 9.82 Å². The number of hydrogen-bond donors (Lipinski definition) is 2. The lowest BCUT2D eigenvalue weighted by Gasteiger charge is -2.15. The van der Waals surface area contributed by atoms with E-state index in [1.165, 1.54) is 36.8 Å². The number of H-pyrrole nitrogens is 1. The fourth-order valence-corrected chi connectivity index (χ4v) is 4.95. The van der Waals surface area contributed by atoms with Gasteiger partial charge in [-0.25, -0.2) is 13.4 Å². The monoisotopic (exact) mass is 541 g/mol. The Labute approximate surface area is 204 Å². The van der Waals surface area contributed by atoms with E-state index in [0.717, 1.165) is 29.5 Å². The number of sulfonamides is 1. The largest absolute Gasteiger partial charge is 0.573 e. The number of nitrogens with zero attached hydrogens (tertiary/aromatic N) is 3. The summed E-state index contributed by atoms with van der Waals surface area (Å²) in [5.74, 6) is -0.446. The first kappa shape index (κ1) is 24.3. The van der Waals surface area contributed by atoms with Gasteiger partial charge in [-0.1, -0.05) is 22.9 Å². The predicted octanol–water partition coefficient (Wildman–Crippen LogP) is 5.55. The van der Waals surface area contributed by atoms with E-state index in [2.05, 4.69) is 24.6 Å². The van der Waals surface area contributed by atoms with Crippen molar-refractivity contribution in [2.24, 2.45) is 0 Å². The van der Waals surface area contributed by atoms with Gasteiger partial charge in [0.1, 0.15) is 27.7 Å². The fourth-order valence-electron chi connectivity index (χ4n) is 2.87. The third-order valence-electron chi connectivity index (χ3n) is 4.29. The molecular weight excluding hydrogens is 531 g/mol. The van der Waals surface area contributed by atoms with Gasteiger partial charge in [-0.2, -0.15) is 10.4 Å². The summed E-state index contributed by atoms with van der Waals surface area (Å²) in [6.07, 6.45) is -0.832. The minimum absolute atomic E-state index is 0.0297. The highest BCUT2D eigenvalue weighted by Gasteiger charge is 2.31. The molecule has 4 aromatic rings. The maximum Gasteiger partial charge on any atom is 0.573 e. The maximum atomic E-state index is 12.7. The topological polar surface area (TPSA) is 130 Å². The molecule has 0 saturated heterocycles. The van der Waals surface area contributed by atoms with Crippen molar-refractivity contribution in [3.63, 3.8) is 0 Å². The van der Waals surface area contributed by atoms with E-state index < -0.39 is 22.1 Å². The summed E-state index contributed by atoms with van der Waals surface area (Å²) in [6, 6.07) is 8.76. The summed E-state index contributed by atoms with van der Waals surface area (Å²) >= 11 is 6.68. The number of thiazole rings is 1. The van der Waals surface area contributed by atoms with E-state index in [9.17, 15) is 26.9 Å². The van der Waals surface area contributed by atoms with E-state index in [1.54, 1.807) is 0 Å². The van der Waals surface area contributed by atoms with Gasteiger partial charge in [0.05, 0.1) is 22.9 Å². The van der Waals surface area contributed by atoms with Crippen molar-refractivity contribution >= 4 is 38.1 Å². The standard InChI is InChI=1S/C20H11ClF3N5O4S2/c21-18-10-26-19(34-18)29-35(30,31)14-2-4-16(11(5-14)7-25)32-17-3-1-13(33-20(22,23)24)6-15(17)12-8-27-28-9-12/h1-6,8-10H,(H,26,29)(H,27,28). The van der Waals surface area contributed by atoms with Crippen LogP contribution in [-0.4, -0.2) is 30.0 Å². The van der Waals surface area contributed by atoms with Gasteiger partial charge in [-0.15, -0.1) is 13.2 Å². The highest BCUT2D eigenvalue weighted by atomic mass is 35.5. The number of aromatic amines is 1. The Hall–Kier alpha value is -3.80. The summed E-state index contributed by atoms with van der Waals surface area (Å²) in [4.78, 5) is 3.58. The lowest BCUT2D eigenvalue weighted by atomic mass is 10.1. The first-order chi connectivity index (χ1) is 16.5. The van der Waals surface area contributed by atoms with Crippen LogP contribution in [0.3, 0.4) is 0 Å². The van der Waals surface area contributed by atoms with Crippen LogP contribution in [-0.2, 0) is 10.0 Å². The second kappa shape index (κ2) is 9.45. The molecule has 35 heavy (non-hydrogen) atoms. The molecule has 0 saturated carbocycles. The Morgan fingerprint density at radius 1 is 1.14 bits per heavy atom. The molecule has 0 spiro atoms. The van der Waals surface area contributed by atoms with Gasteiger partial charge < -0.3 is 9.47 Å². The normalized spacial score (nSPS) is 11.6. The summed E-state index contributed by atoms with van der Waals surface area (Å²) in [5.41, 5.74) is 0.429. The maximum absolute atomic E-state index is 12.7. The van der Waals surface area contributed by atoms with Crippen molar-refractivity contribution in [2.45, 2.75) is 11.3 Å². The van der Waals surface area contributed by atoms with Crippen molar-refractivity contribution in [3.05, 3.63) is 64.9 Å². The van der Waals surface area contributed by atoms with Crippen LogP contribution in [0, 0.1) is 11.3 Å². The molecule has 0 bridgehead atoms. The Bertz CT molecular complexity index is 1520. The Kier molecular flexibility index (Phi) is 6.57. The first-order valence-corrected chi connectivity index (χ1v) is 12.0.